The van der Waals surface area contributed by atoms with Gasteiger partial charge in [-0.3, -0.25) is 4.79 Å². The Kier molecular flexibility index (Phi) is 7.55. The molecule has 0 N–H and O–H groups in total. The van der Waals surface area contributed by atoms with E-state index in [9.17, 15) is 4.79 Å². The second kappa shape index (κ2) is 9.96. The van der Waals surface area contributed by atoms with E-state index in [1.807, 2.05) is 12.1 Å². The monoisotopic (exact) mass is 545 g/mol. The van der Waals surface area contributed by atoms with E-state index < -0.39 is 0 Å². The first-order valence-electron chi connectivity index (χ1n) is 10.0. The number of fused-ring (bicyclic) bond motifs is 1. The molecule has 1 unspecified atom stereocenters. The summed E-state index contributed by atoms with van der Waals surface area (Å²) in [6.07, 6.45) is 5.61. The summed E-state index contributed by atoms with van der Waals surface area (Å²) in [6, 6.07) is 14.3. The molecule has 4 nitrogen and oxygen atoms in total. The molecular weight excluding hydrogens is 522 g/mol. The lowest BCUT2D eigenvalue weighted by Crippen LogP contribution is -3.00. The number of rotatable bonds is 6. The second-order valence-corrected chi connectivity index (χ2v) is 8.60. The fraction of sp³-hybridized carbons (Fsp3) is 0.280. The first kappa shape index (κ1) is 23.5. The van der Waals surface area contributed by atoms with Crippen LogP contribution >= 0.6 is 15.9 Å². The van der Waals surface area contributed by atoms with E-state index in [4.69, 9.17) is 9.47 Å². The highest BCUT2D eigenvalue weighted by atomic mass is 79.9. The highest BCUT2D eigenvalue weighted by Gasteiger charge is 2.32. The fourth-order valence-corrected chi connectivity index (χ4v) is 4.67. The van der Waals surface area contributed by atoms with Gasteiger partial charge in [-0.05, 0) is 64.5 Å². The van der Waals surface area contributed by atoms with Crippen molar-refractivity contribution in [3.8, 4) is 11.5 Å². The first-order chi connectivity index (χ1) is 14.5. The van der Waals surface area contributed by atoms with Gasteiger partial charge in [-0.2, -0.15) is 4.57 Å². The largest absolute Gasteiger partial charge is 1.00 e. The Bertz CT molecular complexity index is 1110. The van der Waals surface area contributed by atoms with Gasteiger partial charge in [0.05, 0.1) is 18.7 Å². The van der Waals surface area contributed by atoms with Crippen molar-refractivity contribution >= 4 is 21.7 Å². The number of ketones is 1. The number of halogens is 2. The van der Waals surface area contributed by atoms with Crippen LogP contribution in [0, 0.1) is 12.8 Å². The number of carbonyl (C=O) groups is 1. The molecule has 1 heterocycles. The number of pyridine rings is 1. The average Bonchev–Trinajstić information content (AvgIpc) is 3.05. The minimum absolute atomic E-state index is 0. The number of hydrogen-bond acceptors (Lipinski definition) is 3. The number of aryl methyl sites for hydroxylation is 1. The van der Waals surface area contributed by atoms with Crippen LogP contribution in [-0.2, 0) is 19.4 Å². The van der Waals surface area contributed by atoms with Crippen LogP contribution in [0.15, 0.2) is 59.3 Å². The van der Waals surface area contributed by atoms with Crippen molar-refractivity contribution in [1.82, 2.24) is 0 Å². The van der Waals surface area contributed by atoms with Crippen LogP contribution in [0.5, 0.6) is 11.5 Å². The van der Waals surface area contributed by atoms with E-state index in [2.05, 4.69) is 70.1 Å². The zero-order chi connectivity index (χ0) is 21.3. The van der Waals surface area contributed by atoms with Gasteiger partial charge in [-0.25, -0.2) is 0 Å². The molecule has 6 heteroatoms. The van der Waals surface area contributed by atoms with Crippen LogP contribution in [0.25, 0.3) is 0 Å². The number of Topliss-reactive ketones (excluding diaryl/α,β-unsaturated/α-hetero) is 1. The van der Waals surface area contributed by atoms with E-state index in [1.165, 1.54) is 11.1 Å². The highest BCUT2D eigenvalue weighted by Crippen LogP contribution is 2.38. The van der Waals surface area contributed by atoms with Crippen LogP contribution in [-0.4, -0.2) is 20.0 Å². The molecule has 1 atom stereocenters. The fourth-order valence-electron chi connectivity index (χ4n) is 4.11. The summed E-state index contributed by atoms with van der Waals surface area (Å²) in [5, 5.41) is 0. The van der Waals surface area contributed by atoms with E-state index in [-0.39, 0.29) is 28.7 Å². The molecule has 0 aliphatic heterocycles. The molecule has 2 aromatic carbocycles. The predicted molar refractivity (Wildman–Crippen MR) is 119 cm³/mol. The van der Waals surface area contributed by atoms with Crippen molar-refractivity contribution in [2.24, 2.45) is 5.92 Å². The third kappa shape index (κ3) is 4.85. The maximum absolute atomic E-state index is 13.0. The average molecular weight is 547 g/mol. The number of aromatic nitrogens is 1. The van der Waals surface area contributed by atoms with E-state index in [1.54, 1.807) is 14.2 Å². The molecule has 162 valence electrons. The topological polar surface area (TPSA) is 39.4 Å². The Hall–Kier alpha value is -2.18. The SMILES string of the molecule is COc1cc2c(cc1OC)C(=O)C(Cc1cc[n+](Cc3ccccc3C)cc1Br)C2.[Br-]. The van der Waals surface area contributed by atoms with Gasteiger partial charge in [0, 0.05) is 23.1 Å². The van der Waals surface area contributed by atoms with Gasteiger partial charge >= 0.3 is 0 Å². The molecule has 1 aromatic heterocycles. The molecule has 3 aromatic rings. The number of methoxy groups -OCH3 is 2. The molecule has 31 heavy (non-hydrogen) atoms. The number of ether oxygens (including phenoxy) is 2. The van der Waals surface area contributed by atoms with Crippen molar-refractivity contribution in [2.45, 2.75) is 26.3 Å². The molecule has 0 saturated carbocycles. The van der Waals surface area contributed by atoms with Crippen molar-refractivity contribution in [3.05, 3.63) is 87.1 Å². The molecule has 0 amide bonds. The summed E-state index contributed by atoms with van der Waals surface area (Å²) in [4.78, 5) is 13.0. The summed E-state index contributed by atoms with van der Waals surface area (Å²) in [5.74, 6) is 1.38. The van der Waals surface area contributed by atoms with Gasteiger partial charge in [0.1, 0.15) is 0 Å². The van der Waals surface area contributed by atoms with Crippen LogP contribution in [0.3, 0.4) is 0 Å². The zero-order valence-electron chi connectivity index (χ0n) is 17.8. The minimum atomic E-state index is -0.0691. The van der Waals surface area contributed by atoms with E-state index in [0.717, 1.165) is 34.1 Å². The van der Waals surface area contributed by atoms with Gasteiger partial charge in [0.2, 0.25) is 0 Å². The minimum Gasteiger partial charge on any atom is -1.00 e. The van der Waals surface area contributed by atoms with Crippen LogP contribution in [0.2, 0.25) is 0 Å². The van der Waals surface area contributed by atoms with Gasteiger partial charge < -0.3 is 26.5 Å². The molecule has 0 spiro atoms. The summed E-state index contributed by atoms with van der Waals surface area (Å²) >= 11 is 3.71. The van der Waals surface area contributed by atoms with E-state index in [0.29, 0.717) is 17.9 Å². The zero-order valence-corrected chi connectivity index (χ0v) is 21.0. The first-order valence-corrected chi connectivity index (χ1v) is 10.8. The lowest BCUT2D eigenvalue weighted by atomic mass is 9.96. The Morgan fingerprint density at radius 2 is 1.77 bits per heavy atom. The van der Waals surface area contributed by atoms with Crippen molar-refractivity contribution < 1.29 is 35.8 Å². The number of benzene rings is 2. The van der Waals surface area contributed by atoms with Gasteiger partial charge in [-0.1, -0.05) is 24.3 Å². The molecular formula is C25H25Br2NO3. The Labute approximate surface area is 202 Å². The second-order valence-electron chi connectivity index (χ2n) is 7.75. The van der Waals surface area contributed by atoms with Gasteiger partial charge in [-0.15, -0.1) is 0 Å². The smallest absolute Gasteiger partial charge is 0.183 e. The quantitative estimate of drug-likeness (QED) is 0.442. The Morgan fingerprint density at radius 1 is 1.06 bits per heavy atom. The summed E-state index contributed by atoms with van der Waals surface area (Å²) in [5.41, 5.74) is 5.50. The number of carbonyl (C=O) groups excluding carboxylic acids is 1. The molecule has 0 bridgehead atoms. The maximum Gasteiger partial charge on any atom is 0.183 e. The van der Waals surface area contributed by atoms with Crippen molar-refractivity contribution in [3.63, 3.8) is 0 Å². The van der Waals surface area contributed by atoms with Crippen molar-refractivity contribution in [1.29, 1.82) is 0 Å². The molecule has 0 saturated heterocycles. The third-order valence-corrected chi connectivity index (χ3v) is 6.56. The summed E-state index contributed by atoms with van der Waals surface area (Å²) < 4.78 is 13.9. The normalized spacial score (nSPS) is 14.7. The molecule has 4 rings (SSSR count). The Morgan fingerprint density at radius 3 is 2.45 bits per heavy atom. The highest BCUT2D eigenvalue weighted by molar-refractivity contribution is 9.10. The van der Waals surface area contributed by atoms with Crippen LogP contribution in [0.4, 0.5) is 0 Å². The summed E-state index contributed by atoms with van der Waals surface area (Å²) in [7, 11) is 3.21. The third-order valence-electron chi connectivity index (χ3n) is 5.85. The lowest BCUT2D eigenvalue weighted by Gasteiger charge is -2.09. The van der Waals surface area contributed by atoms with Crippen LogP contribution < -0.4 is 31.0 Å². The molecule has 1 aliphatic rings. The van der Waals surface area contributed by atoms with Crippen LogP contribution in [0.1, 0.15) is 32.6 Å². The molecule has 1 aliphatic carbocycles. The molecule has 0 radical (unpaired) electrons. The number of nitrogens with zero attached hydrogens (tertiary/aromatic N) is 1. The van der Waals surface area contributed by atoms with Gasteiger partial charge in [0.25, 0.3) is 0 Å². The summed E-state index contributed by atoms with van der Waals surface area (Å²) in [6.45, 7) is 2.95. The standard InChI is InChI=1S/C25H25BrNO3.BrH/c1-16-6-4-5-7-18(16)14-27-9-8-17(22(26)15-27)10-20-11-19-12-23(29-2)24(30-3)13-21(19)25(20)28;/h4-9,12-13,15,20H,10-11,14H2,1-3H3;1H/q+1;/p-1. The predicted octanol–water partition coefficient (Wildman–Crippen LogP) is 1.71. The number of hydrogen-bond donors (Lipinski definition) is 0. The maximum atomic E-state index is 13.0. The molecule has 0 fully saturated rings. The van der Waals surface area contributed by atoms with Gasteiger partial charge in [0.15, 0.2) is 36.2 Å². The lowest BCUT2D eigenvalue weighted by molar-refractivity contribution is -0.689. The Balaban J connectivity index is 0.00000272. The van der Waals surface area contributed by atoms with E-state index >= 15 is 0 Å². The van der Waals surface area contributed by atoms with Crippen molar-refractivity contribution in [2.75, 3.05) is 14.2 Å².